The van der Waals surface area contributed by atoms with E-state index in [1.165, 1.54) is 38.7 Å². The van der Waals surface area contributed by atoms with Crippen molar-refractivity contribution in [2.24, 2.45) is 4.99 Å². The van der Waals surface area contributed by atoms with Crippen LogP contribution in [-0.4, -0.2) is 30.7 Å². The number of rotatable bonds is 2. The summed E-state index contributed by atoms with van der Waals surface area (Å²) in [6.07, 6.45) is 4.44. The lowest BCUT2D eigenvalue weighted by molar-refractivity contribution is 0.317. The molecule has 0 aliphatic carbocycles. The van der Waals surface area contributed by atoms with Gasteiger partial charge in [-0.05, 0) is 56.0 Å². The van der Waals surface area contributed by atoms with Crippen LogP contribution in [0, 0.1) is 0 Å². The predicted molar refractivity (Wildman–Crippen MR) is 125 cm³/mol. The number of nitrogens with zero attached hydrogens (tertiary/aromatic N) is 2. The molecule has 0 spiro atoms. The Morgan fingerprint density at radius 2 is 2.00 bits per heavy atom. The smallest absolute Gasteiger partial charge is 0.0934 e. The van der Waals surface area contributed by atoms with Gasteiger partial charge in [-0.2, -0.15) is 0 Å². The van der Waals surface area contributed by atoms with Crippen LogP contribution in [0.4, 0.5) is 0 Å². The first-order chi connectivity index (χ1) is 13.0. The summed E-state index contributed by atoms with van der Waals surface area (Å²) in [6.45, 7) is 14.1. The molecule has 27 heavy (non-hydrogen) atoms. The van der Waals surface area contributed by atoms with Crippen LogP contribution < -0.4 is 0 Å². The van der Waals surface area contributed by atoms with Crippen LogP contribution in [0.15, 0.2) is 59.5 Å². The van der Waals surface area contributed by atoms with Crippen molar-refractivity contribution in [2.45, 2.75) is 26.8 Å². The van der Waals surface area contributed by atoms with E-state index in [9.17, 15) is 0 Å². The van der Waals surface area contributed by atoms with Crippen molar-refractivity contribution in [1.29, 1.82) is 0 Å². The lowest BCUT2D eigenvalue weighted by Crippen LogP contribution is -2.24. The zero-order valence-corrected chi connectivity index (χ0v) is 18.7. The molecule has 0 amide bonds. The number of hydrogen-bond acceptors (Lipinski definition) is 4. The van der Waals surface area contributed by atoms with E-state index in [1.807, 2.05) is 0 Å². The molecular weight excluding hydrogens is 392 g/mol. The fourth-order valence-corrected chi connectivity index (χ4v) is 5.25. The van der Waals surface area contributed by atoms with Gasteiger partial charge in [-0.1, -0.05) is 43.0 Å². The molecule has 0 N–H and O–H groups in total. The second-order valence-electron chi connectivity index (χ2n) is 6.49. The molecule has 4 rings (SSSR count). The van der Waals surface area contributed by atoms with Gasteiger partial charge in [0.05, 0.1) is 10.9 Å². The molecule has 0 bridgehead atoms. The van der Waals surface area contributed by atoms with E-state index in [0.29, 0.717) is 0 Å². The van der Waals surface area contributed by atoms with Gasteiger partial charge < -0.3 is 4.90 Å². The highest BCUT2D eigenvalue weighted by Gasteiger charge is 2.15. The summed E-state index contributed by atoms with van der Waals surface area (Å²) in [7, 11) is 2.15. The highest BCUT2D eigenvalue weighted by atomic mass is 35.5. The van der Waals surface area contributed by atoms with Crippen molar-refractivity contribution in [3.05, 3.63) is 74.1 Å². The summed E-state index contributed by atoms with van der Waals surface area (Å²) >= 11 is 9.41. The fourth-order valence-electron chi connectivity index (χ4n) is 2.92. The van der Waals surface area contributed by atoms with Crippen molar-refractivity contribution in [2.75, 3.05) is 20.1 Å². The Morgan fingerprint density at radius 1 is 1.26 bits per heavy atom. The van der Waals surface area contributed by atoms with Gasteiger partial charge in [0.2, 0.25) is 0 Å². The summed E-state index contributed by atoms with van der Waals surface area (Å²) < 4.78 is 0.935. The van der Waals surface area contributed by atoms with Crippen molar-refractivity contribution < 1.29 is 0 Å². The molecule has 2 aromatic heterocycles. The third kappa shape index (κ3) is 6.28. The summed E-state index contributed by atoms with van der Waals surface area (Å²) in [5, 5.41) is 2.11. The number of aliphatic imine (C=N–C) groups is 1. The molecule has 2 aromatic rings. The standard InChI is InChI=1S/C10H11NS.C8H10ClNS.C4H6/c1-7-6-11-8(2)10(7)9-4-3-5-12-9;1-10-3-2-6-4-8(9)11-7(6)5-10;1-3-4-2/h3-5H,6H2,1-2H3;4H,2-3,5H2,1H3;3-4H,1-2H2. The molecule has 0 unspecified atom stereocenters. The number of hydrogen-bond donors (Lipinski definition) is 0. The first-order valence-corrected chi connectivity index (χ1v) is 11.0. The van der Waals surface area contributed by atoms with Gasteiger partial charge in [0.1, 0.15) is 0 Å². The van der Waals surface area contributed by atoms with Gasteiger partial charge in [0.25, 0.3) is 0 Å². The fraction of sp³-hybridized carbons (Fsp3) is 0.318. The minimum atomic E-state index is 0.888. The monoisotopic (exact) mass is 418 g/mol. The molecule has 0 fully saturated rings. The Morgan fingerprint density at radius 3 is 2.56 bits per heavy atom. The maximum absolute atomic E-state index is 5.90. The molecule has 2 nitrogen and oxygen atoms in total. The van der Waals surface area contributed by atoms with Crippen molar-refractivity contribution in [3.8, 4) is 0 Å². The lowest BCUT2D eigenvalue weighted by Gasteiger charge is -2.21. The summed E-state index contributed by atoms with van der Waals surface area (Å²) in [5.41, 5.74) is 5.41. The van der Waals surface area contributed by atoms with Crippen LogP contribution in [0.1, 0.15) is 29.2 Å². The number of fused-ring (bicyclic) bond motifs is 1. The highest BCUT2D eigenvalue weighted by molar-refractivity contribution is 7.16. The van der Waals surface area contributed by atoms with Crippen LogP contribution in [0.5, 0.6) is 0 Å². The molecule has 0 radical (unpaired) electrons. The minimum absolute atomic E-state index is 0.888. The average molecular weight is 419 g/mol. The van der Waals surface area contributed by atoms with Crippen LogP contribution in [0.25, 0.3) is 5.57 Å². The van der Waals surface area contributed by atoms with Crippen LogP contribution in [-0.2, 0) is 13.0 Å². The minimum Gasteiger partial charge on any atom is -0.301 e. The Bertz CT molecular complexity index is 823. The van der Waals surface area contributed by atoms with Gasteiger partial charge in [-0.3, -0.25) is 4.99 Å². The molecule has 144 valence electrons. The SMILES string of the molecule is C=CC=C.CC1=NCC(C)=C1c1cccs1.CN1CCc2cc(Cl)sc2C1. The van der Waals surface area contributed by atoms with E-state index in [2.05, 4.69) is 67.5 Å². The third-order valence-corrected chi connectivity index (χ3v) is 6.50. The normalized spacial score (nSPS) is 15.8. The first kappa shape index (κ1) is 21.8. The van der Waals surface area contributed by atoms with Gasteiger partial charge in [-0.25, -0.2) is 0 Å². The van der Waals surface area contributed by atoms with Crippen molar-refractivity contribution in [1.82, 2.24) is 4.90 Å². The number of likely N-dealkylation sites (N-methyl/N-ethyl adjacent to an activating group) is 1. The Kier molecular flexibility index (Phi) is 8.71. The zero-order valence-electron chi connectivity index (χ0n) is 16.3. The van der Waals surface area contributed by atoms with E-state index in [1.54, 1.807) is 34.8 Å². The van der Waals surface area contributed by atoms with Crippen molar-refractivity contribution >= 4 is 45.6 Å². The average Bonchev–Trinajstić information content (AvgIpc) is 3.36. The Hall–Kier alpha value is -1.46. The zero-order chi connectivity index (χ0) is 19.8. The maximum atomic E-state index is 5.90. The van der Waals surface area contributed by atoms with Crippen LogP contribution >= 0.6 is 34.3 Å². The van der Waals surface area contributed by atoms with Gasteiger partial charge >= 0.3 is 0 Å². The summed E-state index contributed by atoms with van der Waals surface area (Å²) in [5.74, 6) is 0. The maximum Gasteiger partial charge on any atom is 0.0934 e. The van der Waals surface area contributed by atoms with Gasteiger partial charge in [-0.15, -0.1) is 22.7 Å². The molecule has 2 aliphatic rings. The van der Waals surface area contributed by atoms with Gasteiger partial charge in [0, 0.05) is 34.1 Å². The number of halogens is 1. The third-order valence-electron chi connectivity index (χ3n) is 4.32. The molecular formula is C22H27ClN2S2. The van der Waals surface area contributed by atoms with Crippen molar-refractivity contribution in [3.63, 3.8) is 0 Å². The second kappa shape index (κ2) is 10.8. The van der Waals surface area contributed by atoms with E-state index in [-0.39, 0.29) is 0 Å². The van der Waals surface area contributed by atoms with Gasteiger partial charge in [0.15, 0.2) is 0 Å². The summed E-state index contributed by atoms with van der Waals surface area (Å²) in [6, 6.07) is 6.36. The second-order valence-corrected chi connectivity index (χ2v) is 9.21. The molecule has 2 aliphatic heterocycles. The molecule has 0 saturated heterocycles. The predicted octanol–water partition coefficient (Wildman–Crippen LogP) is 6.74. The molecule has 5 heteroatoms. The first-order valence-electron chi connectivity index (χ1n) is 8.90. The number of allylic oxidation sites excluding steroid dienone is 3. The number of thiophene rings is 2. The Balaban J connectivity index is 0.000000163. The summed E-state index contributed by atoms with van der Waals surface area (Å²) in [4.78, 5) is 9.53. The molecule has 0 atom stereocenters. The van der Waals surface area contributed by atoms with Crippen LogP contribution in [0.3, 0.4) is 0 Å². The largest absolute Gasteiger partial charge is 0.301 e. The molecule has 0 saturated carbocycles. The lowest BCUT2D eigenvalue weighted by atomic mass is 10.1. The Labute approximate surface area is 176 Å². The topological polar surface area (TPSA) is 15.6 Å². The quantitative estimate of drug-likeness (QED) is 0.492. The van der Waals surface area contributed by atoms with E-state index < -0.39 is 0 Å². The van der Waals surface area contributed by atoms with E-state index in [0.717, 1.165) is 23.8 Å². The van der Waals surface area contributed by atoms with E-state index in [4.69, 9.17) is 11.6 Å². The molecule has 4 heterocycles. The van der Waals surface area contributed by atoms with Crippen LogP contribution in [0.2, 0.25) is 4.34 Å². The van der Waals surface area contributed by atoms with E-state index >= 15 is 0 Å². The molecule has 0 aromatic carbocycles. The highest BCUT2D eigenvalue weighted by Crippen LogP contribution is 2.30.